The van der Waals surface area contributed by atoms with Crippen molar-refractivity contribution in [1.29, 1.82) is 0 Å². The van der Waals surface area contributed by atoms with Gasteiger partial charge in [-0.1, -0.05) is 36.3 Å². The highest BCUT2D eigenvalue weighted by molar-refractivity contribution is 7.89. The molecule has 1 aromatic carbocycles. The van der Waals surface area contributed by atoms with Gasteiger partial charge in [-0.3, -0.25) is 4.79 Å². The Morgan fingerprint density at radius 3 is 2.74 bits per heavy atom. The van der Waals surface area contributed by atoms with Crippen molar-refractivity contribution in [3.63, 3.8) is 0 Å². The zero-order chi connectivity index (χ0) is 24.6. The molecule has 2 aromatic heterocycles. The molecular weight excluding hydrogens is 484 g/mol. The number of aryl methyl sites for hydroxylation is 3. The largest absolute Gasteiger partial charge is 0.349 e. The van der Waals surface area contributed by atoms with Crippen molar-refractivity contribution >= 4 is 27.3 Å². The van der Waals surface area contributed by atoms with E-state index in [0.717, 1.165) is 19.3 Å². The number of thiophene rings is 1. The Morgan fingerprint density at radius 2 is 2.00 bits per heavy atom. The van der Waals surface area contributed by atoms with Crippen LogP contribution in [0.5, 0.6) is 0 Å². The van der Waals surface area contributed by atoms with E-state index in [1.165, 1.54) is 26.8 Å². The van der Waals surface area contributed by atoms with Gasteiger partial charge in [0.1, 0.15) is 0 Å². The van der Waals surface area contributed by atoms with Crippen molar-refractivity contribution in [2.75, 3.05) is 13.1 Å². The van der Waals surface area contributed by atoms with E-state index in [1.54, 1.807) is 13.0 Å². The van der Waals surface area contributed by atoms with Crippen LogP contribution in [0.3, 0.4) is 0 Å². The number of piperidine rings is 1. The molecule has 1 amide bonds. The number of hydrogen-bond donors (Lipinski definition) is 1. The standard InChI is InChI=1S/C25H30N4O4S2/c1-3-23-27-24(28-33-23)21-15-22(16(2)34-21)35(31,32)29-13-11-18(12-14-29)25(30)26-20-10-6-8-17-7-4-5-9-19(17)20/h4-5,7,9,15,18,20H,3,6,8,10-14H2,1-2H3,(H,26,30). The van der Waals surface area contributed by atoms with Crippen molar-refractivity contribution in [3.05, 3.63) is 52.2 Å². The minimum atomic E-state index is -3.67. The second-order valence-corrected chi connectivity index (χ2v) is 12.4. The summed E-state index contributed by atoms with van der Waals surface area (Å²) in [5.74, 6) is 0.784. The van der Waals surface area contributed by atoms with Gasteiger partial charge in [-0.2, -0.15) is 9.29 Å². The molecule has 186 valence electrons. The van der Waals surface area contributed by atoms with E-state index in [-0.39, 0.29) is 22.8 Å². The summed E-state index contributed by atoms with van der Waals surface area (Å²) in [7, 11) is -3.67. The Morgan fingerprint density at radius 1 is 1.23 bits per heavy atom. The van der Waals surface area contributed by atoms with Crippen LogP contribution in [0, 0.1) is 12.8 Å². The maximum atomic E-state index is 13.4. The summed E-state index contributed by atoms with van der Waals surface area (Å²) < 4.78 is 33.5. The summed E-state index contributed by atoms with van der Waals surface area (Å²) in [6.07, 6.45) is 4.70. The first-order chi connectivity index (χ1) is 16.9. The van der Waals surface area contributed by atoms with Crippen molar-refractivity contribution in [2.45, 2.75) is 63.3 Å². The summed E-state index contributed by atoms with van der Waals surface area (Å²) in [4.78, 5) is 19.0. The number of carbonyl (C=O) groups is 1. The molecule has 5 rings (SSSR count). The Hall–Kier alpha value is -2.56. The van der Waals surface area contributed by atoms with Gasteiger partial charge in [0.25, 0.3) is 0 Å². The molecule has 1 saturated heterocycles. The molecule has 2 aliphatic rings. The molecule has 1 atom stereocenters. The first-order valence-electron chi connectivity index (χ1n) is 12.2. The van der Waals surface area contributed by atoms with E-state index in [4.69, 9.17) is 4.52 Å². The molecule has 10 heteroatoms. The van der Waals surface area contributed by atoms with Gasteiger partial charge in [-0.25, -0.2) is 8.42 Å². The maximum absolute atomic E-state index is 13.4. The predicted octanol–water partition coefficient (Wildman–Crippen LogP) is 4.26. The molecule has 0 radical (unpaired) electrons. The highest BCUT2D eigenvalue weighted by atomic mass is 32.2. The monoisotopic (exact) mass is 514 g/mol. The quantitative estimate of drug-likeness (QED) is 0.527. The lowest BCUT2D eigenvalue weighted by Crippen LogP contribution is -2.44. The third-order valence-electron chi connectivity index (χ3n) is 6.99. The fourth-order valence-electron chi connectivity index (χ4n) is 5.02. The Balaban J connectivity index is 1.24. The molecule has 0 bridgehead atoms. The molecular formula is C25H30N4O4S2. The molecule has 0 saturated carbocycles. The molecule has 1 aliphatic carbocycles. The van der Waals surface area contributed by atoms with E-state index < -0.39 is 10.0 Å². The fourth-order valence-corrected chi connectivity index (χ4v) is 7.98. The van der Waals surface area contributed by atoms with Gasteiger partial charge < -0.3 is 9.84 Å². The fraction of sp³-hybridized carbons (Fsp3) is 0.480. The Bertz CT molecular complexity index is 1320. The van der Waals surface area contributed by atoms with Crippen LogP contribution in [-0.4, -0.2) is 41.9 Å². The molecule has 1 fully saturated rings. The summed E-state index contributed by atoms with van der Waals surface area (Å²) >= 11 is 1.35. The van der Waals surface area contributed by atoms with Crippen LogP contribution in [0.4, 0.5) is 0 Å². The number of fused-ring (bicyclic) bond motifs is 1. The van der Waals surface area contributed by atoms with Crippen molar-refractivity contribution in [2.24, 2.45) is 5.92 Å². The molecule has 35 heavy (non-hydrogen) atoms. The van der Waals surface area contributed by atoms with Crippen molar-refractivity contribution < 1.29 is 17.7 Å². The average molecular weight is 515 g/mol. The van der Waals surface area contributed by atoms with E-state index in [1.807, 2.05) is 19.1 Å². The highest BCUT2D eigenvalue weighted by Gasteiger charge is 2.35. The number of aromatic nitrogens is 2. The molecule has 1 aliphatic heterocycles. The molecule has 3 aromatic rings. The zero-order valence-corrected chi connectivity index (χ0v) is 21.6. The number of rotatable bonds is 6. The minimum absolute atomic E-state index is 0.0292. The molecule has 1 unspecified atom stereocenters. The van der Waals surface area contributed by atoms with Gasteiger partial charge in [0.15, 0.2) is 0 Å². The second kappa shape index (κ2) is 9.83. The maximum Gasteiger partial charge on any atom is 0.244 e. The number of benzene rings is 1. The lowest BCUT2D eigenvalue weighted by atomic mass is 9.87. The molecule has 0 spiro atoms. The van der Waals surface area contributed by atoms with E-state index in [9.17, 15) is 13.2 Å². The van der Waals surface area contributed by atoms with Gasteiger partial charge in [0, 0.05) is 30.3 Å². The van der Waals surface area contributed by atoms with Gasteiger partial charge >= 0.3 is 0 Å². The third-order valence-corrected chi connectivity index (χ3v) is 10.2. The lowest BCUT2D eigenvalue weighted by Gasteiger charge is -2.32. The summed E-state index contributed by atoms with van der Waals surface area (Å²) in [6.45, 7) is 4.37. The van der Waals surface area contributed by atoms with Gasteiger partial charge in [0.2, 0.25) is 27.6 Å². The molecule has 1 N–H and O–H groups in total. The topological polar surface area (TPSA) is 105 Å². The summed E-state index contributed by atoms with van der Waals surface area (Å²) in [5.41, 5.74) is 2.52. The number of nitrogens with one attached hydrogen (secondary N) is 1. The molecule has 8 nitrogen and oxygen atoms in total. The van der Waals surface area contributed by atoms with Crippen LogP contribution in [0.25, 0.3) is 10.7 Å². The zero-order valence-electron chi connectivity index (χ0n) is 20.0. The summed E-state index contributed by atoms with van der Waals surface area (Å²) in [6, 6.07) is 9.98. The van der Waals surface area contributed by atoms with Crippen molar-refractivity contribution in [3.8, 4) is 10.7 Å². The minimum Gasteiger partial charge on any atom is -0.349 e. The van der Waals surface area contributed by atoms with Crippen molar-refractivity contribution in [1.82, 2.24) is 19.8 Å². The smallest absolute Gasteiger partial charge is 0.244 e. The number of nitrogens with zero attached hydrogens (tertiary/aromatic N) is 3. The predicted molar refractivity (Wildman–Crippen MR) is 133 cm³/mol. The normalized spacial score (nSPS) is 19.4. The van der Waals surface area contributed by atoms with Gasteiger partial charge in [-0.15, -0.1) is 11.3 Å². The lowest BCUT2D eigenvalue weighted by molar-refractivity contribution is -0.127. The Labute approximate surface area is 209 Å². The van der Waals surface area contributed by atoms with Crippen LogP contribution in [0.1, 0.15) is 60.5 Å². The van der Waals surface area contributed by atoms with Crippen LogP contribution in [-0.2, 0) is 27.7 Å². The number of hydrogen-bond acceptors (Lipinski definition) is 7. The number of amides is 1. The number of carbonyl (C=O) groups excluding carboxylic acids is 1. The van der Waals surface area contributed by atoms with Crippen LogP contribution in [0.2, 0.25) is 0 Å². The number of sulfonamides is 1. The first kappa shape index (κ1) is 24.1. The van der Waals surface area contributed by atoms with E-state index in [2.05, 4.69) is 27.6 Å². The average Bonchev–Trinajstić information content (AvgIpc) is 3.51. The van der Waals surface area contributed by atoms with Gasteiger partial charge in [0.05, 0.1) is 15.8 Å². The second-order valence-electron chi connectivity index (χ2n) is 9.23. The van der Waals surface area contributed by atoms with Crippen LogP contribution in [0.15, 0.2) is 39.8 Å². The summed E-state index contributed by atoms with van der Waals surface area (Å²) in [5, 5.41) is 7.21. The first-order valence-corrected chi connectivity index (χ1v) is 14.4. The SMILES string of the molecule is CCc1nc(-c2cc(S(=O)(=O)N3CCC(C(=O)NC4CCCc5ccccc54)CC3)c(C)s2)no1. The highest BCUT2D eigenvalue weighted by Crippen LogP contribution is 2.35. The molecule has 3 heterocycles. The van der Waals surface area contributed by atoms with E-state index in [0.29, 0.717) is 53.8 Å². The third kappa shape index (κ3) is 4.79. The van der Waals surface area contributed by atoms with Crippen LogP contribution >= 0.6 is 11.3 Å². The van der Waals surface area contributed by atoms with E-state index >= 15 is 0 Å². The van der Waals surface area contributed by atoms with Crippen LogP contribution < -0.4 is 5.32 Å². The van der Waals surface area contributed by atoms with Gasteiger partial charge in [-0.05, 0) is 56.2 Å². The Kier molecular flexibility index (Phi) is 6.78.